The van der Waals surface area contributed by atoms with Crippen LogP contribution in [-0.4, -0.2) is 29.9 Å². The summed E-state index contributed by atoms with van der Waals surface area (Å²) in [5.41, 5.74) is 5.50. The lowest BCUT2D eigenvalue weighted by atomic mass is 10.1. The topological polar surface area (TPSA) is 46.3 Å². The van der Waals surface area contributed by atoms with Crippen molar-refractivity contribution in [3.8, 4) is 0 Å². The van der Waals surface area contributed by atoms with Gasteiger partial charge in [-0.3, -0.25) is 4.79 Å². The Labute approximate surface area is 66.5 Å². The number of carbonyl (C=O) groups is 1. The van der Waals surface area contributed by atoms with E-state index in [9.17, 15) is 4.79 Å². The summed E-state index contributed by atoms with van der Waals surface area (Å²) in [5.74, 6) is 0.756. The fourth-order valence-electron chi connectivity index (χ4n) is 1.71. The van der Waals surface area contributed by atoms with E-state index in [1.807, 2.05) is 4.90 Å². The van der Waals surface area contributed by atoms with E-state index in [1.165, 1.54) is 12.8 Å². The molecular formula is C8H14N2O. The molecule has 0 bridgehead atoms. The van der Waals surface area contributed by atoms with Crippen LogP contribution in [0.1, 0.15) is 19.3 Å². The minimum absolute atomic E-state index is 0.322. The third-order valence-electron chi connectivity index (χ3n) is 2.56. The van der Waals surface area contributed by atoms with Gasteiger partial charge in [0, 0.05) is 19.0 Å². The van der Waals surface area contributed by atoms with Crippen LogP contribution in [0.25, 0.3) is 0 Å². The van der Waals surface area contributed by atoms with Gasteiger partial charge >= 0.3 is 0 Å². The summed E-state index contributed by atoms with van der Waals surface area (Å²) >= 11 is 0. The first-order valence-corrected chi connectivity index (χ1v) is 4.31. The number of carbonyl (C=O) groups excluding carboxylic acids is 1. The number of rotatable bonds is 2. The number of nitrogens with two attached hydrogens (primary N) is 1. The van der Waals surface area contributed by atoms with Gasteiger partial charge in [-0.2, -0.15) is 0 Å². The maximum Gasteiger partial charge on any atom is 0.223 e. The van der Waals surface area contributed by atoms with E-state index in [2.05, 4.69) is 0 Å². The van der Waals surface area contributed by atoms with Gasteiger partial charge in [-0.1, -0.05) is 0 Å². The predicted octanol–water partition coefficient (Wildman–Crippen LogP) is -0.0440. The highest BCUT2D eigenvalue weighted by Gasteiger charge is 2.38. The monoisotopic (exact) mass is 154 g/mol. The van der Waals surface area contributed by atoms with Crippen molar-refractivity contribution in [3.63, 3.8) is 0 Å². The molecule has 62 valence electrons. The fraction of sp³-hybridized carbons (Fsp3) is 0.875. The molecule has 1 amide bonds. The van der Waals surface area contributed by atoms with Crippen molar-refractivity contribution in [1.29, 1.82) is 0 Å². The molecule has 1 heterocycles. The van der Waals surface area contributed by atoms with Gasteiger partial charge in [0.15, 0.2) is 0 Å². The molecule has 0 aromatic rings. The molecule has 1 saturated heterocycles. The third kappa shape index (κ3) is 1.25. The van der Waals surface area contributed by atoms with Crippen molar-refractivity contribution in [2.75, 3.05) is 13.1 Å². The van der Waals surface area contributed by atoms with E-state index >= 15 is 0 Å². The van der Waals surface area contributed by atoms with E-state index in [0.29, 0.717) is 30.8 Å². The molecule has 2 fully saturated rings. The Morgan fingerprint density at radius 1 is 1.55 bits per heavy atom. The van der Waals surface area contributed by atoms with Crippen LogP contribution in [0.5, 0.6) is 0 Å². The van der Waals surface area contributed by atoms with E-state index < -0.39 is 0 Å². The number of hydrogen-bond acceptors (Lipinski definition) is 2. The summed E-state index contributed by atoms with van der Waals surface area (Å²) in [6, 6.07) is 0.582. The van der Waals surface area contributed by atoms with Gasteiger partial charge in [-0.15, -0.1) is 0 Å². The first kappa shape index (κ1) is 7.10. The molecule has 0 aromatic carbocycles. The number of amides is 1. The van der Waals surface area contributed by atoms with Gasteiger partial charge in [0.2, 0.25) is 5.91 Å². The summed E-state index contributed by atoms with van der Waals surface area (Å²) in [5, 5.41) is 0. The highest BCUT2D eigenvalue weighted by molar-refractivity contribution is 5.79. The zero-order valence-electron chi connectivity index (χ0n) is 6.62. The van der Waals surface area contributed by atoms with E-state index in [0.717, 1.165) is 6.54 Å². The lowest BCUT2D eigenvalue weighted by molar-refractivity contribution is -0.128. The number of likely N-dealkylation sites (tertiary alicyclic amines) is 1. The molecule has 1 saturated carbocycles. The summed E-state index contributed by atoms with van der Waals surface area (Å²) < 4.78 is 0. The molecule has 1 aliphatic heterocycles. The van der Waals surface area contributed by atoms with Crippen molar-refractivity contribution < 1.29 is 4.79 Å². The van der Waals surface area contributed by atoms with Gasteiger partial charge in [0.25, 0.3) is 0 Å². The maximum atomic E-state index is 11.3. The van der Waals surface area contributed by atoms with Gasteiger partial charge in [-0.05, 0) is 25.3 Å². The Morgan fingerprint density at radius 2 is 2.27 bits per heavy atom. The highest BCUT2D eigenvalue weighted by Crippen LogP contribution is 2.32. The van der Waals surface area contributed by atoms with E-state index in [4.69, 9.17) is 5.73 Å². The lowest BCUT2D eigenvalue weighted by Crippen LogP contribution is -2.28. The van der Waals surface area contributed by atoms with Crippen molar-refractivity contribution in [2.45, 2.75) is 25.3 Å². The predicted molar refractivity (Wildman–Crippen MR) is 41.9 cm³/mol. The molecule has 1 atom stereocenters. The summed E-state index contributed by atoms with van der Waals surface area (Å²) in [4.78, 5) is 13.3. The summed E-state index contributed by atoms with van der Waals surface area (Å²) in [6.07, 6.45) is 3.11. The van der Waals surface area contributed by atoms with Crippen LogP contribution in [0.4, 0.5) is 0 Å². The second-order valence-electron chi connectivity index (χ2n) is 3.58. The first-order valence-electron chi connectivity index (χ1n) is 4.31. The van der Waals surface area contributed by atoms with Crippen LogP contribution in [0.3, 0.4) is 0 Å². The molecule has 0 spiro atoms. The molecule has 0 unspecified atom stereocenters. The molecular weight excluding hydrogens is 140 g/mol. The minimum Gasteiger partial charge on any atom is -0.339 e. The molecule has 11 heavy (non-hydrogen) atoms. The summed E-state index contributed by atoms with van der Waals surface area (Å²) in [6.45, 7) is 1.58. The maximum absolute atomic E-state index is 11.3. The van der Waals surface area contributed by atoms with Crippen molar-refractivity contribution >= 4 is 5.91 Å². The minimum atomic E-state index is 0.322. The van der Waals surface area contributed by atoms with Crippen LogP contribution in [0.2, 0.25) is 0 Å². The van der Waals surface area contributed by atoms with Crippen LogP contribution < -0.4 is 5.73 Å². The smallest absolute Gasteiger partial charge is 0.223 e. The SMILES string of the molecule is NC[C@H]1CC(=O)N(C2CC2)C1. The second kappa shape index (κ2) is 2.48. The molecule has 0 aromatic heterocycles. The Hall–Kier alpha value is -0.570. The molecule has 3 nitrogen and oxygen atoms in total. The molecule has 1 aliphatic carbocycles. The van der Waals surface area contributed by atoms with Crippen LogP contribution in [0, 0.1) is 5.92 Å². The Morgan fingerprint density at radius 3 is 2.73 bits per heavy atom. The van der Waals surface area contributed by atoms with E-state index in [1.54, 1.807) is 0 Å². The first-order chi connectivity index (χ1) is 5.31. The Balaban J connectivity index is 1.96. The Kier molecular flexibility index (Phi) is 1.60. The highest BCUT2D eigenvalue weighted by atomic mass is 16.2. The molecule has 2 N–H and O–H groups in total. The largest absolute Gasteiger partial charge is 0.339 e. The van der Waals surface area contributed by atoms with Gasteiger partial charge in [0.1, 0.15) is 0 Å². The summed E-state index contributed by atoms with van der Waals surface area (Å²) in [7, 11) is 0. The van der Waals surface area contributed by atoms with Crippen LogP contribution in [-0.2, 0) is 4.79 Å². The third-order valence-corrected chi connectivity index (χ3v) is 2.56. The molecule has 2 rings (SSSR count). The zero-order valence-corrected chi connectivity index (χ0v) is 6.62. The fourth-order valence-corrected chi connectivity index (χ4v) is 1.71. The van der Waals surface area contributed by atoms with Crippen molar-refractivity contribution in [3.05, 3.63) is 0 Å². The van der Waals surface area contributed by atoms with Crippen molar-refractivity contribution in [2.24, 2.45) is 11.7 Å². The molecule has 2 aliphatic rings. The molecule has 3 heteroatoms. The van der Waals surface area contributed by atoms with Crippen molar-refractivity contribution in [1.82, 2.24) is 4.90 Å². The quantitative estimate of drug-likeness (QED) is 0.606. The lowest BCUT2D eigenvalue weighted by Gasteiger charge is -2.14. The average Bonchev–Trinajstić information content (AvgIpc) is 2.76. The average molecular weight is 154 g/mol. The van der Waals surface area contributed by atoms with Gasteiger partial charge < -0.3 is 10.6 Å². The van der Waals surface area contributed by atoms with Crippen LogP contribution >= 0.6 is 0 Å². The number of nitrogens with zero attached hydrogens (tertiary/aromatic N) is 1. The van der Waals surface area contributed by atoms with Crippen LogP contribution in [0.15, 0.2) is 0 Å². The van der Waals surface area contributed by atoms with E-state index in [-0.39, 0.29) is 0 Å². The standard InChI is InChI=1S/C8H14N2O/c9-4-6-3-8(11)10(5-6)7-1-2-7/h6-7H,1-5,9H2/t6-/m1/s1. The Bertz CT molecular complexity index is 177. The van der Waals surface area contributed by atoms with Gasteiger partial charge in [0.05, 0.1) is 0 Å². The normalized spacial score (nSPS) is 31.5. The molecule has 0 radical (unpaired) electrons. The second-order valence-corrected chi connectivity index (χ2v) is 3.58. The number of hydrogen-bond donors (Lipinski definition) is 1. The zero-order chi connectivity index (χ0) is 7.84. The van der Waals surface area contributed by atoms with Gasteiger partial charge in [-0.25, -0.2) is 0 Å².